The molecule has 1 N–H and O–H groups in total. The first-order valence-electron chi connectivity index (χ1n) is 3.73. The summed E-state index contributed by atoms with van der Waals surface area (Å²) in [4.78, 5) is 3.89. The minimum atomic E-state index is -2.66. The maximum Gasteiger partial charge on any atom is 0.265 e. The Morgan fingerprint density at radius 1 is 1.57 bits per heavy atom. The number of alkyl halides is 3. The normalized spacial score (nSPS) is 11.0. The number of aliphatic hydroxyl groups excluding tert-OH is 1. The van der Waals surface area contributed by atoms with Crippen LogP contribution in [-0.4, -0.2) is 10.1 Å². The van der Waals surface area contributed by atoms with E-state index < -0.39 is 6.43 Å². The highest BCUT2D eigenvalue weighted by molar-refractivity contribution is 9.08. The van der Waals surface area contributed by atoms with Gasteiger partial charge in [0.25, 0.3) is 6.43 Å². The molecule has 0 bridgehead atoms. The summed E-state index contributed by atoms with van der Waals surface area (Å²) in [7, 11) is 0. The van der Waals surface area contributed by atoms with Crippen molar-refractivity contribution in [3.63, 3.8) is 0 Å². The Kier molecular flexibility index (Phi) is 4.22. The largest absolute Gasteiger partial charge is 0.390 e. The molecule has 2 nitrogen and oxygen atoms in total. The lowest BCUT2D eigenvalue weighted by Crippen LogP contribution is -2.00. The highest BCUT2D eigenvalue weighted by Crippen LogP contribution is 2.30. The predicted molar refractivity (Wildman–Crippen MR) is 52.8 cm³/mol. The molecule has 0 aliphatic rings. The Morgan fingerprint density at radius 3 is 2.64 bits per heavy atom. The van der Waals surface area contributed by atoms with Crippen LogP contribution in [0.3, 0.4) is 0 Å². The van der Waals surface area contributed by atoms with Crippen LogP contribution >= 0.6 is 27.5 Å². The zero-order valence-corrected chi connectivity index (χ0v) is 9.32. The van der Waals surface area contributed by atoms with Crippen LogP contribution in [0.1, 0.15) is 23.4 Å². The molecule has 14 heavy (non-hydrogen) atoms. The molecule has 1 heterocycles. The zero-order valence-electron chi connectivity index (χ0n) is 6.98. The van der Waals surface area contributed by atoms with E-state index in [-0.39, 0.29) is 28.2 Å². The molecule has 0 atom stereocenters. The summed E-state index contributed by atoms with van der Waals surface area (Å²) in [6, 6.07) is 1.11. The van der Waals surface area contributed by atoms with Crippen molar-refractivity contribution in [2.24, 2.45) is 0 Å². The van der Waals surface area contributed by atoms with Crippen molar-refractivity contribution in [3.8, 4) is 0 Å². The first-order chi connectivity index (χ1) is 6.60. The van der Waals surface area contributed by atoms with Crippen LogP contribution in [0.2, 0.25) is 5.02 Å². The molecule has 0 aliphatic heterocycles. The van der Waals surface area contributed by atoms with E-state index in [1.807, 2.05) is 0 Å². The highest BCUT2D eigenvalue weighted by atomic mass is 79.9. The standard InChI is InChI=1S/C8H7BrClF2NO/c9-2-6-7(10)5(8(11)12)1-4(3-14)13-6/h1,8,14H,2-3H2. The molecule has 78 valence electrons. The monoisotopic (exact) mass is 285 g/mol. The van der Waals surface area contributed by atoms with Crippen molar-refractivity contribution in [2.45, 2.75) is 18.4 Å². The van der Waals surface area contributed by atoms with Gasteiger partial charge < -0.3 is 5.11 Å². The third-order valence-electron chi connectivity index (χ3n) is 1.63. The molecule has 1 aromatic rings. The Hall–Kier alpha value is -0.260. The minimum absolute atomic E-state index is 0.0472. The van der Waals surface area contributed by atoms with Gasteiger partial charge in [0.1, 0.15) is 0 Å². The fourth-order valence-corrected chi connectivity index (χ4v) is 1.81. The lowest BCUT2D eigenvalue weighted by molar-refractivity contribution is 0.151. The number of aromatic nitrogens is 1. The van der Waals surface area contributed by atoms with Gasteiger partial charge in [0.15, 0.2) is 0 Å². The smallest absolute Gasteiger partial charge is 0.265 e. The van der Waals surface area contributed by atoms with E-state index >= 15 is 0 Å². The van der Waals surface area contributed by atoms with Gasteiger partial charge in [-0.05, 0) is 6.07 Å². The van der Waals surface area contributed by atoms with Crippen LogP contribution < -0.4 is 0 Å². The van der Waals surface area contributed by atoms with E-state index in [0.717, 1.165) is 6.07 Å². The van der Waals surface area contributed by atoms with Gasteiger partial charge in [-0.2, -0.15) is 0 Å². The van der Waals surface area contributed by atoms with E-state index in [0.29, 0.717) is 5.69 Å². The lowest BCUT2D eigenvalue weighted by atomic mass is 10.2. The molecule has 0 fully saturated rings. The topological polar surface area (TPSA) is 33.1 Å². The summed E-state index contributed by atoms with van der Waals surface area (Å²) in [6.45, 7) is -0.378. The Balaban J connectivity index is 3.27. The van der Waals surface area contributed by atoms with E-state index in [1.165, 1.54) is 0 Å². The predicted octanol–water partition coefficient (Wildman–Crippen LogP) is 3.06. The van der Waals surface area contributed by atoms with Gasteiger partial charge in [-0.1, -0.05) is 27.5 Å². The second kappa shape index (κ2) is 5.00. The average Bonchev–Trinajstić information content (AvgIpc) is 2.17. The van der Waals surface area contributed by atoms with Crippen molar-refractivity contribution in [3.05, 3.63) is 28.0 Å². The SMILES string of the molecule is OCc1cc(C(F)F)c(Cl)c(CBr)n1. The first-order valence-corrected chi connectivity index (χ1v) is 5.23. The summed E-state index contributed by atoms with van der Waals surface area (Å²) in [5, 5.41) is 9.02. The van der Waals surface area contributed by atoms with Gasteiger partial charge in [-0.25, -0.2) is 8.78 Å². The molecule has 1 rings (SSSR count). The van der Waals surface area contributed by atoms with E-state index in [2.05, 4.69) is 20.9 Å². The average molecular weight is 287 g/mol. The fraction of sp³-hybridized carbons (Fsp3) is 0.375. The molecule has 0 amide bonds. The van der Waals surface area contributed by atoms with Crippen molar-refractivity contribution >= 4 is 27.5 Å². The van der Waals surface area contributed by atoms with E-state index in [1.54, 1.807) is 0 Å². The van der Waals surface area contributed by atoms with Gasteiger partial charge >= 0.3 is 0 Å². The van der Waals surface area contributed by atoms with Crippen molar-refractivity contribution in [2.75, 3.05) is 0 Å². The summed E-state index contributed by atoms with van der Waals surface area (Å²) in [5.41, 5.74) is 0.216. The number of pyridine rings is 1. The van der Waals surface area contributed by atoms with Crippen molar-refractivity contribution < 1.29 is 13.9 Å². The van der Waals surface area contributed by atoms with Crippen LogP contribution in [-0.2, 0) is 11.9 Å². The molecule has 6 heteroatoms. The summed E-state index contributed by atoms with van der Waals surface area (Å²) in [6.07, 6.45) is -2.66. The summed E-state index contributed by atoms with van der Waals surface area (Å²) in [5.74, 6) is 0. The second-order valence-corrected chi connectivity index (χ2v) is 3.49. The molecule has 0 aromatic carbocycles. The number of aliphatic hydroxyl groups is 1. The number of rotatable bonds is 3. The van der Waals surface area contributed by atoms with Gasteiger partial charge in [0.05, 0.1) is 23.0 Å². The third kappa shape index (κ3) is 2.40. The minimum Gasteiger partial charge on any atom is -0.390 e. The second-order valence-electron chi connectivity index (χ2n) is 2.56. The number of hydrogen-bond acceptors (Lipinski definition) is 2. The quantitative estimate of drug-likeness (QED) is 0.866. The Labute approximate surface area is 93.0 Å². The highest BCUT2D eigenvalue weighted by Gasteiger charge is 2.17. The first kappa shape index (κ1) is 11.8. The van der Waals surface area contributed by atoms with Crippen molar-refractivity contribution in [1.82, 2.24) is 4.98 Å². The Morgan fingerprint density at radius 2 is 2.21 bits per heavy atom. The molecule has 1 aromatic heterocycles. The van der Waals surface area contributed by atoms with E-state index in [4.69, 9.17) is 16.7 Å². The summed E-state index contributed by atoms with van der Waals surface area (Å²) < 4.78 is 24.9. The molecule has 0 saturated carbocycles. The van der Waals surface area contributed by atoms with Gasteiger partial charge in [0, 0.05) is 10.9 Å². The molecule has 0 spiro atoms. The maximum absolute atomic E-state index is 12.5. The molecule has 0 aliphatic carbocycles. The molecular formula is C8H7BrClF2NO. The molecule has 0 saturated heterocycles. The number of nitrogens with zero attached hydrogens (tertiary/aromatic N) is 1. The lowest BCUT2D eigenvalue weighted by Gasteiger charge is -2.08. The maximum atomic E-state index is 12.5. The van der Waals surface area contributed by atoms with Crippen LogP contribution in [0, 0.1) is 0 Å². The van der Waals surface area contributed by atoms with Gasteiger partial charge in [-0.3, -0.25) is 4.98 Å². The van der Waals surface area contributed by atoms with Crippen LogP contribution in [0.4, 0.5) is 8.78 Å². The summed E-state index contributed by atoms with van der Waals surface area (Å²) >= 11 is 8.76. The van der Waals surface area contributed by atoms with Crippen molar-refractivity contribution in [1.29, 1.82) is 0 Å². The van der Waals surface area contributed by atoms with Gasteiger partial charge in [-0.15, -0.1) is 0 Å². The van der Waals surface area contributed by atoms with Crippen LogP contribution in [0.15, 0.2) is 6.07 Å². The van der Waals surface area contributed by atoms with Gasteiger partial charge in [0.2, 0.25) is 0 Å². The van der Waals surface area contributed by atoms with Crippen LogP contribution in [0.25, 0.3) is 0 Å². The molecular weight excluding hydrogens is 279 g/mol. The molecule has 0 unspecified atom stereocenters. The number of halogens is 4. The zero-order chi connectivity index (χ0) is 10.7. The third-order valence-corrected chi connectivity index (χ3v) is 2.60. The number of hydrogen-bond donors (Lipinski definition) is 1. The Bertz CT molecular complexity index is 335. The van der Waals surface area contributed by atoms with E-state index in [9.17, 15) is 8.78 Å². The molecule has 0 radical (unpaired) electrons. The fourth-order valence-electron chi connectivity index (χ4n) is 0.993. The van der Waals surface area contributed by atoms with Crippen LogP contribution in [0.5, 0.6) is 0 Å².